The summed E-state index contributed by atoms with van der Waals surface area (Å²) in [7, 11) is 0. The first-order chi connectivity index (χ1) is 7.30. The third-order valence-electron chi connectivity index (χ3n) is 2.34. The summed E-state index contributed by atoms with van der Waals surface area (Å²) in [6, 6.07) is 5.63. The Morgan fingerprint density at radius 1 is 1.44 bits per heavy atom. The molecule has 0 saturated carbocycles. The van der Waals surface area contributed by atoms with Crippen molar-refractivity contribution in [3.8, 4) is 0 Å². The molecule has 0 heterocycles. The van der Waals surface area contributed by atoms with Crippen molar-refractivity contribution in [2.45, 2.75) is 32.7 Å². The molecule has 0 unspecified atom stereocenters. The van der Waals surface area contributed by atoms with Gasteiger partial charge in [-0.05, 0) is 44.5 Å². The standard InChI is InChI=1S/C12H19N3O/c1-8-6-9(13)4-5-10(8)15-12(2,3)7-11(14)16/h4-6,15H,7,13H2,1-3H3,(H2,14,16). The van der Waals surface area contributed by atoms with E-state index in [1.165, 1.54) is 0 Å². The number of benzene rings is 1. The molecule has 1 amide bonds. The van der Waals surface area contributed by atoms with Gasteiger partial charge in [-0.3, -0.25) is 4.79 Å². The smallest absolute Gasteiger partial charge is 0.219 e. The van der Waals surface area contributed by atoms with Gasteiger partial charge in [0.25, 0.3) is 0 Å². The summed E-state index contributed by atoms with van der Waals surface area (Å²) in [6.45, 7) is 5.85. The number of nitrogen functional groups attached to an aromatic ring is 1. The van der Waals surface area contributed by atoms with Gasteiger partial charge in [0.15, 0.2) is 0 Å². The molecule has 0 aromatic heterocycles. The maximum Gasteiger partial charge on any atom is 0.219 e. The lowest BCUT2D eigenvalue weighted by Crippen LogP contribution is -2.36. The van der Waals surface area contributed by atoms with Gasteiger partial charge in [-0.1, -0.05) is 0 Å². The number of carbonyl (C=O) groups excluding carboxylic acids is 1. The molecule has 0 spiro atoms. The van der Waals surface area contributed by atoms with Gasteiger partial charge in [0, 0.05) is 23.3 Å². The highest BCUT2D eigenvalue weighted by molar-refractivity contribution is 5.76. The molecule has 0 atom stereocenters. The van der Waals surface area contributed by atoms with Crippen LogP contribution in [-0.2, 0) is 4.79 Å². The van der Waals surface area contributed by atoms with Crippen LogP contribution < -0.4 is 16.8 Å². The largest absolute Gasteiger partial charge is 0.399 e. The Morgan fingerprint density at radius 2 is 2.06 bits per heavy atom. The Morgan fingerprint density at radius 3 is 2.56 bits per heavy atom. The lowest BCUT2D eigenvalue weighted by atomic mass is 9.99. The van der Waals surface area contributed by atoms with Gasteiger partial charge in [-0.15, -0.1) is 0 Å². The van der Waals surface area contributed by atoms with E-state index in [1.807, 2.05) is 39.0 Å². The Bertz CT molecular complexity index is 399. The number of hydrogen-bond donors (Lipinski definition) is 3. The lowest BCUT2D eigenvalue weighted by Gasteiger charge is -2.27. The average Bonchev–Trinajstić information content (AvgIpc) is 2.07. The van der Waals surface area contributed by atoms with Crippen molar-refractivity contribution in [1.29, 1.82) is 0 Å². The van der Waals surface area contributed by atoms with Crippen LogP contribution in [0.1, 0.15) is 25.8 Å². The Kier molecular flexibility index (Phi) is 3.42. The predicted octanol–water partition coefficient (Wildman–Crippen LogP) is 1.64. The molecule has 1 aromatic rings. The monoisotopic (exact) mass is 221 g/mol. The molecule has 5 N–H and O–H groups in total. The molecule has 0 saturated heterocycles. The molecule has 1 rings (SSSR count). The minimum atomic E-state index is -0.354. The maximum absolute atomic E-state index is 10.9. The molecule has 88 valence electrons. The summed E-state index contributed by atoms with van der Waals surface area (Å²) in [6.07, 6.45) is 0.289. The number of nitrogens with one attached hydrogen (secondary N) is 1. The van der Waals surface area contributed by atoms with Crippen LogP contribution in [0.3, 0.4) is 0 Å². The second kappa shape index (κ2) is 4.43. The van der Waals surface area contributed by atoms with Gasteiger partial charge < -0.3 is 16.8 Å². The topological polar surface area (TPSA) is 81.1 Å². The van der Waals surface area contributed by atoms with Crippen molar-refractivity contribution < 1.29 is 4.79 Å². The van der Waals surface area contributed by atoms with E-state index >= 15 is 0 Å². The van der Waals surface area contributed by atoms with E-state index in [0.29, 0.717) is 0 Å². The summed E-state index contributed by atoms with van der Waals surface area (Å²) in [5, 5.41) is 3.29. The zero-order chi connectivity index (χ0) is 12.3. The number of primary amides is 1. The van der Waals surface area contributed by atoms with Crippen molar-refractivity contribution in [1.82, 2.24) is 0 Å². The predicted molar refractivity (Wildman–Crippen MR) is 67.1 cm³/mol. The van der Waals surface area contributed by atoms with E-state index in [1.54, 1.807) is 0 Å². The van der Waals surface area contributed by atoms with Crippen LogP contribution in [0.15, 0.2) is 18.2 Å². The molecule has 0 fully saturated rings. The molecule has 0 radical (unpaired) electrons. The van der Waals surface area contributed by atoms with Gasteiger partial charge in [0.1, 0.15) is 0 Å². The number of anilines is 2. The second-order valence-electron chi connectivity index (χ2n) is 4.73. The van der Waals surface area contributed by atoms with E-state index in [4.69, 9.17) is 11.5 Å². The van der Waals surface area contributed by atoms with Gasteiger partial charge >= 0.3 is 0 Å². The van der Waals surface area contributed by atoms with Crippen LogP contribution in [0, 0.1) is 6.92 Å². The number of aryl methyl sites for hydroxylation is 1. The van der Waals surface area contributed by atoms with Crippen molar-refractivity contribution in [2.75, 3.05) is 11.1 Å². The third-order valence-corrected chi connectivity index (χ3v) is 2.34. The number of carbonyl (C=O) groups is 1. The van der Waals surface area contributed by atoms with Crippen molar-refractivity contribution in [3.63, 3.8) is 0 Å². The third kappa shape index (κ3) is 3.46. The maximum atomic E-state index is 10.9. The molecule has 1 aromatic carbocycles. The minimum absolute atomic E-state index is 0.289. The van der Waals surface area contributed by atoms with Crippen LogP contribution >= 0.6 is 0 Å². The average molecular weight is 221 g/mol. The zero-order valence-electron chi connectivity index (χ0n) is 10.0. The number of hydrogen-bond acceptors (Lipinski definition) is 3. The van der Waals surface area contributed by atoms with Gasteiger partial charge in [-0.25, -0.2) is 0 Å². The molecule has 0 aliphatic heterocycles. The first-order valence-corrected chi connectivity index (χ1v) is 5.23. The van der Waals surface area contributed by atoms with Crippen LogP contribution in [0.5, 0.6) is 0 Å². The fourth-order valence-electron chi connectivity index (χ4n) is 1.67. The van der Waals surface area contributed by atoms with Crippen molar-refractivity contribution in [3.05, 3.63) is 23.8 Å². The lowest BCUT2D eigenvalue weighted by molar-refractivity contribution is -0.118. The molecule has 0 aliphatic rings. The zero-order valence-corrected chi connectivity index (χ0v) is 10.0. The van der Waals surface area contributed by atoms with Gasteiger partial charge in [0.2, 0.25) is 5.91 Å². The molecule has 16 heavy (non-hydrogen) atoms. The summed E-state index contributed by atoms with van der Waals surface area (Å²) in [4.78, 5) is 10.9. The molecule has 4 heteroatoms. The Labute approximate surface area is 96.0 Å². The first kappa shape index (κ1) is 12.4. The van der Waals surface area contributed by atoms with E-state index in [-0.39, 0.29) is 17.9 Å². The molecular weight excluding hydrogens is 202 g/mol. The summed E-state index contributed by atoms with van der Waals surface area (Å²) < 4.78 is 0. The Hall–Kier alpha value is -1.71. The van der Waals surface area contributed by atoms with E-state index in [9.17, 15) is 4.79 Å². The highest BCUT2D eigenvalue weighted by Crippen LogP contribution is 2.23. The highest BCUT2D eigenvalue weighted by Gasteiger charge is 2.20. The van der Waals surface area contributed by atoms with E-state index in [2.05, 4.69) is 5.32 Å². The van der Waals surface area contributed by atoms with E-state index in [0.717, 1.165) is 16.9 Å². The Balaban J connectivity index is 2.83. The summed E-state index contributed by atoms with van der Waals surface area (Å²) in [5.41, 5.74) is 13.3. The van der Waals surface area contributed by atoms with E-state index < -0.39 is 0 Å². The molecule has 4 nitrogen and oxygen atoms in total. The van der Waals surface area contributed by atoms with Crippen LogP contribution in [0.4, 0.5) is 11.4 Å². The molecule has 0 aliphatic carbocycles. The summed E-state index contributed by atoms with van der Waals surface area (Å²) >= 11 is 0. The van der Waals surface area contributed by atoms with Gasteiger partial charge in [0.05, 0.1) is 0 Å². The summed E-state index contributed by atoms with van der Waals surface area (Å²) in [5.74, 6) is -0.314. The molecular formula is C12H19N3O. The van der Waals surface area contributed by atoms with Gasteiger partial charge in [-0.2, -0.15) is 0 Å². The highest BCUT2D eigenvalue weighted by atomic mass is 16.1. The number of nitrogens with two attached hydrogens (primary N) is 2. The molecule has 0 bridgehead atoms. The SMILES string of the molecule is Cc1cc(N)ccc1NC(C)(C)CC(N)=O. The normalized spacial score (nSPS) is 11.2. The van der Waals surface area contributed by atoms with Crippen LogP contribution in [0.2, 0.25) is 0 Å². The number of amides is 1. The second-order valence-corrected chi connectivity index (χ2v) is 4.73. The quantitative estimate of drug-likeness (QED) is 0.676. The first-order valence-electron chi connectivity index (χ1n) is 5.23. The fraction of sp³-hybridized carbons (Fsp3) is 0.417. The van der Waals surface area contributed by atoms with Crippen LogP contribution in [-0.4, -0.2) is 11.4 Å². The minimum Gasteiger partial charge on any atom is -0.399 e. The van der Waals surface area contributed by atoms with Crippen molar-refractivity contribution in [2.24, 2.45) is 5.73 Å². The van der Waals surface area contributed by atoms with Crippen LogP contribution in [0.25, 0.3) is 0 Å². The number of rotatable bonds is 4. The fourth-order valence-corrected chi connectivity index (χ4v) is 1.67. The van der Waals surface area contributed by atoms with Crippen molar-refractivity contribution >= 4 is 17.3 Å².